The molecule has 1 heterocycles. The lowest BCUT2D eigenvalue weighted by Gasteiger charge is -2.26. The Balaban J connectivity index is 1.95. The molecule has 0 radical (unpaired) electrons. The first-order chi connectivity index (χ1) is 7.66. The first kappa shape index (κ1) is 12.1. The van der Waals surface area contributed by atoms with Gasteiger partial charge in [-0.2, -0.15) is 0 Å². The number of halogens is 1. The highest BCUT2D eigenvalue weighted by Crippen LogP contribution is 2.24. The number of nitrogens with one attached hydrogen (secondary N) is 1. The Morgan fingerprint density at radius 1 is 1.56 bits per heavy atom. The molecule has 1 aliphatic carbocycles. The summed E-state index contributed by atoms with van der Waals surface area (Å²) < 4.78 is 0.839. The first-order valence-corrected chi connectivity index (χ1v) is 7.06. The maximum Gasteiger partial charge on any atom is 0.262 e. The van der Waals surface area contributed by atoms with Crippen LogP contribution in [-0.2, 0) is 0 Å². The molecule has 2 rings (SSSR count). The summed E-state index contributed by atoms with van der Waals surface area (Å²) in [6.07, 6.45) is 3.22. The summed E-state index contributed by atoms with van der Waals surface area (Å²) in [5, 5.41) is 14.4. The Labute approximate surface area is 107 Å². The van der Waals surface area contributed by atoms with Crippen LogP contribution >= 0.6 is 27.3 Å². The molecule has 3 nitrogen and oxygen atoms in total. The van der Waals surface area contributed by atoms with E-state index in [0.717, 1.165) is 23.7 Å². The van der Waals surface area contributed by atoms with Crippen LogP contribution in [0.2, 0.25) is 0 Å². The summed E-state index contributed by atoms with van der Waals surface area (Å²) in [5.41, 5.74) is 0. The van der Waals surface area contributed by atoms with Gasteiger partial charge >= 0.3 is 0 Å². The van der Waals surface area contributed by atoms with Crippen molar-refractivity contribution in [2.75, 3.05) is 0 Å². The van der Waals surface area contributed by atoms with Crippen molar-refractivity contribution in [3.63, 3.8) is 0 Å². The maximum atomic E-state index is 11.9. The minimum Gasteiger partial charge on any atom is -0.393 e. The molecule has 1 fully saturated rings. The van der Waals surface area contributed by atoms with Gasteiger partial charge in [-0.3, -0.25) is 4.79 Å². The predicted molar refractivity (Wildman–Crippen MR) is 67.7 cm³/mol. The average Bonchev–Trinajstić information content (AvgIpc) is 2.64. The maximum absolute atomic E-state index is 11.9. The fourth-order valence-electron chi connectivity index (χ4n) is 2.00. The summed E-state index contributed by atoms with van der Waals surface area (Å²) in [6.45, 7) is 0. The van der Waals surface area contributed by atoms with Gasteiger partial charge in [0.05, 0.1) is 6.10 Å². The van der Waals surface area contributed by atoms with Gasteiger partial charge in [0.2, 0.25) is 0 Å². The van der Waals surface area contributed by atoms with Gasteiger partial charge in [0.15, 0.2) is 0 Å². The molecule has 0 saturated heterocycles. The second-order valence-electron chi connectivity index (χ2n) is 4.09. The molecule has 5 heteroatoms. The van der Waals surface area contributed by atoms with E-state index in [4.69, 9.17) is 0 Å². The standard InChI is InChI=1S/C11H14BrNO2S/c12-9-4-5-16-10(9)11(15)13-7-2-1-3-8(14)6-7/h4-5,7-8,14H,1-3,6H2,(H,13,15). The van der Waals surface area contributed by atoms with E-state index in [1.807, 2.05) is 11.4 Å². The summed E-state index contributed by atoms with van der Waals surface area (Å²) >= 11 is 4.77. The lowest BCUT2D eigenvalue weighted by atomic mass is 9.93. The molecule has 1 aromatic heterocycles. The highest BCUT2D eigenvalue weighted by atomic mass is 79.9. The highest BCUT2D eigenvalue weighted by molar-refractivity contribution is 9.10. The van der Waals surface area contributed by atoms with Crippen LogP contribution < -0.4 is 5.32 Å². The van der Waals surface area contributed by atoms with Crippen molar-refractivity contribution in [2.45, 2.75) is 37.8 Å². The van der Waals surface area contributed by atoms with Crippen molar-refractivity contribution in [1.82, 2.24) is 5.32 Å². The molecule has 1 aliphatic rings. The molecule has 2 unspecified atom stereocenters. The Hall–Kier alpha value is -0.390. The van der Waals surface area contributed by atoms with Crippen LogP contribution in [0.15, 0.2) is 15.9 Å². The molecule has 0 bridgehead atoms. The molecule has 0 spiro atoms. The predicted octanol–water partition coefficient (Wildman–Crippen LogP) is 2.54. The van der Waals surface area contributed by atoms with Gasteiger partial charge in [0, 0.05) is 10.5 Å². The molecular weight excluding hydrogens is 290 g/mol. The molecule has 0 aromatic carbocycles. The monoisotopic (exact) mass is 303 g/mol. The zero-order valence-corrected chi connectivity index (χ0v) is 11.2. The minimum absolute atomic E-state index is 0.0408. The van der Waals surface area contributed by atoms with Crippen molar-refractivity contribution >= 4 is 33.2 Å². The van der Waals surface area contributed by atoms with Gasteiger partial charge < -0.3 is 10.4 Å². The molecule has 1 amide bonds. The van der Waals surface area contributed by atoms with Crippen molar-refractivity contribution in [2.24, 2.45) is 0 Å². The van der Waals surface area contributed by atoms with E-state index in [-0.39, 0.29) is 18.1 Å². The third-order valence-corrected chi connectivity index (χ3v) is 4.64. The average molecular weight is 304 g/mol. The molecule has 1 aromatic rings. The fourth-order valence-corrected chi connectivity index (χ4v) is 3.46. The number of carbonyl (C=O) groups excluding carboxylic acids is 1. The number of aliphatic hydroxyl groups excluding tert-OH is 1. The quantitative estimate of drug-likeness (QED) is 0.882. The molecule has 1 saturated carbocycles. The van der Waals surface area contributed by atoms with Crippen LogP contribution in [0.1, 0.15) is 35.4 Å². The van der Waals surface area contributed by atoms with Gasteiger partial charge in [-0.25, -0.2) is 0 Å². The topological polar surface area (TPSA) is 49.3 Å². The van der Waals surface area contributed by atoms with E-state index in [1.54, 1.807) is 0 Å². The lowest BCUT2D eigenvalue weighted by molar-refractivity contribution is 0.0853. The van der Waals surface area contributed by atoms with Gasteiger partial charge in [0.25, 0.3) is 5.91 Å². The SMILES string of the molecule is O=C(NC1CCCC(O)C1)c1sccc1Br. The van der Waals surface area contributed by atoms with E-state index in [9.17, 15) is 9.90 Å². The second-order valence-corrected chi connectivity index (χ2v) is 5.86. The van der Waals surface area contributed by atoms with E-state index in [2.05, 4.69) is 21.2 Å². The summed E-state index contributed by atoms with van der Waals surface area (Å²) in [6, 6.07) is 1.99. The second kappa shape index (κ2) is 5.29. The summed E-state index contributed by atoms with van der Waals surface area (Å²) in [7, 11) is 0. The molecule has 16 heavy (non-hydrogen) atoms. The van der Waals surface area contributed by atoms with Crippen LogP contribution in [0.25, 0.3) is 0 Å². The van der Waals surface area contributed by atoms with Gasteiger partial charge in [-0.1, -0.05) is 0 Å². The largest absolute Gasteiger partial charge is 0.393 e. The normalized spacial score (nSPS) is 25.4. The summed E-state index contributed by atoms with van der Waals surface area (Å²) in [4.78, 5) is 12.6. The van der Waals surface area contributed by atoms with E-state index < -0.39 is 0 Å². The van der Waals surface area contributed by atoms with Crippen molar-refractivity contribution < 1.29 is 9.90 Å². The van der Waals surface area contributed by atoms with Gasteiger partial charge in [-0.05, 0) is 53.1 Å². The number of hydrogen-bond acceptors (Lipinski definition) is 3. The third-order valence-electron chi connectivity index (χ3n) is 2.81. The molecule has 2 atom stereocenters. The zero-order chi connectivity index (χ0) is 11.5. The van der Waals surface area contributed by atoms with Crippen LogP contribution in [-0.4, -0.2) is 23.2 Å². The summed E-state index contributed by atoms with van der Waals surface area (Å²) in [5.74, 6) is -0.0408. The smallest absolute Gasteiger partial charge is 0.262 e. The van der Waals surface area contributed by atoms with Crippen molar-refractivity contribution in [3.8, 4) is 0 Å². The van der Waals surface area contributed by atoms with E-state index >= 15 is 0 Å². The van der Waals surface area contributed by atoms with Crippen LogP contribution in [0.3, 0.4) is 0 Å². The molecule has 2 N–H and O–H groups in total. The minimum atomic E-state index is -0.258. The van der Waals surface area contributed by atoms with Crippen LogP contribution in [0.4, 0.5) is 0 Å². The Kier molecular flexibility index (Phi) is 4.00. The zero-order valence-electron chi connectivity index (χ0n) is 8.78. The number of aliphatic hydroxyl groups is 1. The van der Waals surface area contributed by atoms with E-state index in [0.29, 0.717) is 11.3 Å². The Bertz CT molecular complexity index is 380. The van der Waals surface area contributed by atoms with Crippen LogP contribution in [0, 0.1) is 0 Å². The molecule has 88 valence electrons. The van der Waals surface area contributed by atoms with Gasteiger partial charge in [0.1, 0.15) is 4.88 Å². The van der Waals surface area contributed by atoms with Gasteiger partial charge in [-0.15, -0.1) is 11.3 Å². The number of rotatable bonds is 2. The molecular formula is C11H14BrNO2S. The lowest BCUT2D eigenvalue weighted by Crippen LogP contribution is -2.39. The first-order valence-electron chi connectivity index (χ1n) is 5.38. The van der Waals surface area contributed by atoms with Crippen LogP contribution in [0.5, 0.6) is 0 Å². The number of thiophene rings is 1. The molecule has 0 aliphatic heterocycles. The number of carbonyl (C=O) groups is 1. The highest BCUT2D eigenvalue weighted by Gasteiger charge is 2.23. The Morgan fingerprint density at radius 3 is 3.00 bits per heavy atom. The van der Waals surface area contributed by atoms with Crippen molar-refractivity contribution in [1.29, 1.82) is 0 Å². The third kappa shape index (κ3) is 2.84. The number of amides is 1. The van der Waals surface area contributed by atoms with Crippen molar-refractivity contribution in [3.05, 3.63) is 20.8 Å². The fraction of sp³-hybridized carbons (Fsp3) is 0.545. The Morgan fingerprint density at radius 2 is 2.38 bits per heavy atom. The number of hydrogen-bond donors (Lipinski definition) is 2. The van der Waals surface area contributed by atoms with E-state index in [1.165, 1.54) is 11.3 Å².